The molecule has 0 aliphatic rings. The van der Waals surface area contributed by atoms with Crippen LogP contribution in [-0.4, -0.2) is 32.7 Å². The van der Waals surface area contributed by atoms with Gasteiger partial charge in [0, 0.05) is 11.9 Å². The van der Waals surface area contributed by atoms with Crippen molar-refractivity contribution in [2.24, 2.45) is 0 Å². The number of sulfone groups is 1. The van der Waals surface area contributed by atoms with Crippen molar-refractivity contribution in [3.05, 3.63) is 90.0 Å². The molecule has 7 nitrogen and oxygen atoms in total. The SMILES string of the molecule is CC(OC(=O)c1ccc(CS(C)(=O)=O)cc1)C(=O)Nc1ccc(Oc2ccccc2)cc1. The summed E-state index contributed by atoms with van der Waals surface area (Å²) in [6, 6.07) is 22.2. The second-order valence-corrected chi connectivity index (χ2v) is 9.38. The Hall–Kier alpha value is -3.65. The number of rotatable bonds is 8. The standard InChI is InChI=1S/C24H23NO6S/c1-17(30-24(27)19-10-8-18(9-11-19)16-32(2,28)29)23(26)25-20-12-14-22(15-13-20)31-21-6-4-3-5-7-21/h3-15,17H,16H2,1-2H3,(H,25,26). The molecule has 1 N–H and O–H groups in total. The number of esters is 1. The Bertz CT molecular complexity index is 1170. The largest absolute Gasteiger partial charge is 0.457 e. The molecule has 8 heteroatoms. The van der Waals surface area contributed by atoms with Crippen molar-refractivity contribution >= 4 is 27.4 Å². The average molecular weight is 454 g/mol. The van der Waals surface area contributed by atoms with Crippen LogP contribution in [0.5, 0.6) is 11.5 Å². The number of anilines is 1. The van der Waals surface area contributed by atoms with E-state index in [2.05, 4.69) is 5.32 Å². The Morgan fingerprint density at radius 1 is 0.875 bits per heavy atom. The van der Waals surface area contributed by atoms with E-state index in [0.717, 1.165) is 6.26 Å². The molecular weight excluding hydrogens is 430 g/mol. The van der Waals surface area contributed by atoms with Crippen LogP contribution in [0.1, 0.15) is 22.8 Å². The van der Waals surface area contributed by atoms with Gasteiger partial charge >= 0.3 is 5.97 Å². The Labute approximate surface area is 186 Å². The first-order valence-electron chi connectivity index (χ1n) is 9.81. The predicted molar refractivity (Wildman–Crippen MR) is 121 cm³/mol. The number of amides is 1. The Morgan fingerprint density at radius 2 is 1.47 bits per heavy atom. The molecule has 0 aliphatic carbocycles. The van der Waals surface area contributed by atoms with E-state index in [0.29, 0.717) is 22.7 Å². The van der Waals surface area contributed by atoms with Crippen LogP contribution in [0, 0.1) is 0 Å². The van der Waals surface area contributed by atoms with E-state index in [1.165, 1.54) is 19.1 Å². The van der Waals surface area contributed by atoms with Gasteiger partial charge in [0.2, 0.25) is 0 Å². The van der Waals surface area contributed by atoms with Gasteiger partial charge in [-0.2, -0.15) is 0 Å². The first-order chi connectivity index (χ1) is 15.2. The number of ether oxygens (including phenoxy) is 2. The van der Waals surface area contributed by atoms with E-state index in [1.54, 1.807) is 36.4 Å². The fraction of sp³-hybridized carbons (Fsp3) is 0.167. The van der Waals surface area contributed by atoms with Crippen molar-refractivity contribution in [1.82, 2.24) is 0 Å². The molecule has 3 rings (SSSR count). The number of hydrogen-bond acceptors (Lipinski definition) is 6. The predicted octanol–water partition coefficient (Wildman–Crippen LogP) is 4.21. The summed E-state index contributed by atoms with van der Waals surface area (Å²) in [6.07, 6.45) is 0.109. The van der Waals surface area contributed by atoms with E-state index < -0.39 is 27.8 Å². The molecule has 1 amide bonds. The number of carbonyl (C=O) groups excluding carboxylic acids is 2. The highest BCUT2D eigenvalue weighted by atomic mass is 32.2. The Morgan fingerprint density at radius 3 is 2.06 bits per heavy atom. The lowest BCUT2D eigenvalue weighted by atomic mass is 10.1. The Kier molecular flexibility index (Phi) is 7.27. The number of hydrogen-bond donors (Lipinski definition) is 1. The van der Waals surface area contributed by atoms with Crippen LogP contribution in [0.15, 0.2) is 78.9 Å². The van der Waals surface area contributed by atoms with Crippen LogP contribution in [0.3, 0.4) is 0 Å². The van der Waals surface area contributed by atoms with Crippen molar-refractivity contribution in [2.45, 2.75) is 18.8 Å². The molecule has 0 fully saturated rings. The van der Waals surface area contributed by atoms with Crippen molar-refractivity contribution < 1.29 is 27.5 Å². The fourth-order valence-electron chi connectivity index (χ4n) is 2.80. The molecule has 0 saturated heterocycles. The zero-order valence-corrected chi connectivity index (χ0v) is 18.5. The number of nitrogens with one attached hydrogen (secondary N) is 1. The van der Waals surface area contributed by atoms with Gasteiger partial charge < -0.3 is 14.8 Å². The van der Waals surface area contributed by atoms with Crippen LogP contribution >= 0.6 is 0 Å². The normalized spacial score (nSPS) is 11.9. The maximum Gasteiger partial charge on any atom is 0.338 e. The molecule has 0 bridgehead atoms. The number of carbonyl (C=O) groups is 2. The molecule has 0 aliphatic heterocycles. The summed E-state index contributed by atoms with van der Waals surface area (Å²) in [5, 5.41) is 2.69. The second-order valence-electron chi connectivity index (χ2n) is 7.24. The molecule has 0 heterocycles. The van der Waals surface area contributed by atoms with E-state index >= 15 is 0 Å². The zero-order valence-electron chi connectivity index (χ0n) is 17.6. The summed E-state index contributed by atoms with van der Waals surface area (Å²) < 4.78 is 33.6. The molecular formula is C24H23NO6S. The molecule has 0 aromatic heterocycles. The average Bonchev–Trinajstić information content (AvgIpc) is 2.75. The number of benzene rings is 3. The third-order valence-electron chi connectivity index (χ3n) is 4.37. The molecule has 3 aromatic rings. The van der Waals surface area contributed by atoms with Gasteiger partial charge in [-0.3, -0.25) is 4.79 Å². The highest BCUT2D eigenvalue weighted by molar-refractivity contribution is 7.89. The van der Waals surface area contributed by atoms with Crippen LogP contribution < -0.4 is 10.1 Å². The molecule has 0 saturated carbocycles. The Balaban J connectivity index is 1.53. The molecule has 166 valence electrons. The minimum Gasteiger partial charge on any atom is -0.457 e. The first-order valence-corrected chi connectivity index (χ1v) is 11.9. The van der Waals surface area contributed by atoms with Gasteiger partial charge in [0.25, 0.3) is 5.91 Å². The zero-order chi connectivity index (χ0) is 23.1. The highest BCUT2D eigenvalue weighted by Gasteiger charge is 2.19. The molecule has 0 spiro atoms. The monoisotopic (exact) mass is 453 g/mol. The van der Waals surface area contributed by atoms with Gasteiger partial charge in [0.15, 0.2) is 15.9 Å². The summed E-state index contributed by atoms with van der Waals surface area (Å²) in [5.41, 5.74) is 1.32. The molecule has 0 radical (unpaired) electrons. The summed E-state index contributed by atoms with van der Waals surface area (Å²) in [6.45, 7) is 1.47. The summed E-state index contributed by atoms with van der Waals surface area (Å²) in [7, 11) is -3.17. The molecule has 3 aromatic carbocycles. The minimum absolute atomic E-state index is 0.115. The van der Waals surface area contributed by atoms with Gasteiger partial charge in [-0.05, 0) is 61.0 Å². The highest BCUT2D eigenvalue weighted by Crippen LogP contribution is 2.22. The topological polar surface area (TPSA) is 98.8 Å². The third-order valence-corrected chi connectivity index (χ3v) is 5.23. The lowest BCUT2D eigenvalue weighted by Crippen LogP contribution is -2.30. The van der Waals surface area contributed by atoms with E-state index in [9.17, 15) is 18.0 Å². The van der Waals surface area contributed by atoms with E-state index in [4.69, 9.17) is 9.47 Å². The molecule has 1 unspecified atom stereocenters. The maximum atomic E-state index is 12.4. The maximum absolute atomic E-state index is 12.4. The van der Waals surface area contributed by atoms with Crippen LogP contribution in [0.4, 0.5) is 5.69 Å². The molecule has 32 heavy (non-hydrogen) atoms. The number of para-hydroxylation sites is 1. The lowest BCUT2D eigenvalue weighted by molar-refractivity contribution is -0.123. The van der Waals surface area contributed by atoms with Gasteiger partial charge in [-0.25, -0.2) is 13.2 Å². The van der Waals surface area contributed by atoms with E-state index in [1.807, 2.05) is 30.3 Å². The van der Waals surface area contributed by atoms with Crippen LogP contribution in [0.25, 0.3) is 0 Å². The lowest BCUT2D eigenvalue weighted by Gasteiger charge is -2.14. The van der Waals surface area contributed by atoms with Crippen molar-refractivity contribution in [2.75, 3.05) is 11.6 Å². The third kappa shape index (κ3) is 6.95. The van der Waals surface area contributed by atoms with Crippen LogP contribution in [0.2, 0.25) is 0 Å². The van der Waals surface area contributed by atoms with Crippen molar-refractivity contribution in [3.63, 3.8) is 0 Å². The minimum atomic E-state index is -3.17. The quantitative estimate of drug-likeness (QED) is 0.513. The van der Waals surface area contributed by atoms with Gasteiger partial charge in [-0.15, -0.1) is 0 Å². The van der Waals surface area contributed by atoms with Crippen molar-refractivity contribution in [1.29, 1.82) is 0 Å². The first kappa shape index (κ1) is 23.0. The smallest absolute Gasteiger partial charge is 0.338 e. The second kappa shape index (κ2) is 10.1. The van der Waals surface area contributed by atoms with Gasteiger partial charge in [0.1, 0.15) is 11.5 Å². The van der Waals surface area contributed by atoms with Gasteiger partial charge in [-0.1, -0.05) is 30.3 Å². The van der Waals surface area contributed by atoms with Crippen LogP contribution in [-0.2, 0) is 25.1 Å². The fourth-order valence-corrected chi connectivity index (χ4v) is 3.59. The summed E-state index contributed by atoms with van der Waals surface area (Å²) in [4.78, 5) is 24.7. The summed E-state index contributed by atoms with van der Waals surface area (Å²) >= 11 is 0. The molecule has 1 atom stereocenters. The van der Waals surface area contributed by atoms with E-state index in [-0.39, 0.29) is 11.3 Å². The van der Waals surface area contributed by atoms with Gasteiger partial charge in [0.05, 0.1) is 11.3 Å². The van der Waals surface area contributed by atoms with Crippen molar-refractivity contribution in [3.8, 4) is 11.5 Å². The summed E-state index contributed by atoms with van der Waals surface area (Å²) in [5.74, 6) is 0.0483.